The highest BCUT2D eigenvalue weighted by molar-refractivity contribution is 5.48. The van der Waals surface area contributed by atoms with Gasteiger partial charge in [-0.3, -0.25) is 0 Å². The highest BCUT2D eigenvalue weighted by atomic mass is 15.0. The molecule has 0 fully saturated rings. The first kappa shape index (κ1) is 15.3. The first-order valence-corrected chi connectivity index (χ1v) is 7.50. The van der Waals surface area contributed by atoms with Gasteiger partial charge in [-0.15, -0.1) is 0 Å². The quantitative estimate of drug-likeness (QED) is 0.675. The highest BCUT2D eigenvalue weighted by Crippen LogP contribution is 2.13. The van der Waals surface area contributed by atoms with Gasteiger partial charge in [-0.2, -0.15) is 0 Å². The van der Waals surface area contributed by atoms with Crippen LogP contribution in [0.2, 0.25) is 0 Å². The molecule has 1 aromatic heterocycles. The lowest BCUT2D eigenvalue weighted by Crippen LogP contribution is -2.00. The SMILES string of the molecule is CC(C)=CCC/C(C)=C/c1cncn1Cc1ccccc1. The Balaban J connectivity index is 2.04. The standard InChI is InChI=1S/C19H24N2/c1-16(2)8-7-9-17(3)12-19-13-20-15-21(19)14-18-10-5-4-6-11-18/h4-6,8,10-13,15H,7,9,14H2,1-3H3/b17-12+. The van der Waals surface area contributed by atoms with Crippen molar-refractivity contribution in [3.63, 3.8) is 0 Å². The fourth-order valence-electron chi connectivity index (χ4n) is 2.28. The van der Waals surface area contributed by atoms with Gasteiger partial charge in [0.25, 0.3) is 0 Å². The van der Waals surface area contributed by atoms with Crippen molar-refractivity contribution in [1.29, 1.82) is 0 Å². The van der Waals surface area contributed by atoms with E-state index < -0.39 is 0 Å². The van der Waals surface area contributed by atoms with E-state index in [9.17, 15) is 0 Å². The average molecular weight is 280 g/mol. The lowest BCUT2D eigenvalue weighted by molar-refractivity contribution is 0.788. The molecule has 0 amide bonds. The van der Waals surface area contributed by atoms with Crippen molar-refractivity contribution >= 4 is 6.08 Å². The third-order valence-corrected chi connectivity index (χ3v) is 3.43. The van der Waals surface area contributed by atoms with Crippen molar-refractivity contribution in [1.82, 2.24) is 9.55 Å². The minimum Gasteiger partial charge on any atom is -0.327 e. The van der Waals surface area contributed by atoms with Crippen LogP contribution in [0.1, 0.15) is 44.9 Å². The second-order valence-electron chi connectivity index (χ2n) is 5.74. The molecule has 2 aromatic rings. The van der Waals surface area contributed by atoms with Crippen LogP contribution in [0.4, 0.5) is 0 Å². The molecule has 0 spiro atoms. The summed E-state index contributed by atoms with van der Waals surface area (Å²) >= 11 is 0. The van der Waals surface area contributed by atoms with Gasteiger partial charge in [0.15, 0.2) is 0 Å². The van der Waals surface area contributed by atoms with Gasteiger partial charge in [-0.05, 0) is 45.3 Å². The van der Waals surface area contributed by atoms with Gasteiger partial charge in [0.2, 0.25) is 0 Å². The van der Waals surface area contributed by atoms with Crippen LogP contribution in [0.5, 0.6) is 0 Å². The summed E-state index contributed by atoms with van der Waals surface area (Å²) in [7, 11) is 0. The maximum absolute atomic E-state index is 4.29. The smallest absolute Gasteiger partial charge is 0.0953 e. The minimum atomic E-state index is 0.869. The van der Waals surface area contributed by atoms with Crippen LogP contribution in [0.25, 0.3) is 6.08 Å². The third kappa shape index (κ3) is 5.07. The number of hydrogen-bond donors (Lipinski definition) is 0. The molecule has 0 radical (unpaired) electrons. The largest absolute Gasteiger partial charge is 0.327 e. The summed E-state index contributed by atoms with van der Waals surface area (Å²) in [6.07, 6.45) is 10.6. The predicted octanol–water partition coefficient (Wildman–Crippen LogP) is 5.08. The van der Waals surface area contributed by atoms with E-state index in [0.717, 1.165) is 19.4 Å². The van der Waals surface area contributed by atoms with E-state index in [4.69, 9.17) is 0 Å². The van der Waals surface area contributed by atoms with Crippen molar-refractivity contribution in [2.45, 2.75) is 40.2 Å². The lowest BCUT2D eigenvalue weighted by atomic mass is 10.1. The average Bonchev–Trinajstić information content (AvgIpc) is 2.86. The van der Waals surface area contributed by atoms with Crippen LogP contribution in [0.3, 0.4) is 0 Å². The number of hydrogen-bond acceptors (Lipinski definition) is 1. The van der Waals surface area contributed by atoms with E-state index in [1.165, 1.54) is 22.4 Å². The Bertz CT molecular complexity index is 614. The Hall–Kier alpha value is -2.09. The second kappa shape index (κ2) is 7.63. The van der Waals surface area contributed by atoms with Crippen LogP contribution < -0.4 is 0 Å². The monoisotopic (exact) mass is 280 g/mol. The Kier molecular flexibility index (Phi) is 5.56. The van der Waals surface area contributed by atoms with Gasteiger partial charge in [0, 0.05) is 6.54 Å². The Morgan fingerprint density at radius 2 is 1.90 bits per heavy atom. The predicted molar refractivity (Wildman–Crippen MR) is 90.1 cm³/mol. The number of rotatable bonds is 6. The van der Waals surface area contributed by atoms with Gasteiger partial charge in [-0.25, -0.2) is 4.98 Å². The molecule has 0 bridgehead atoms. The van der Waals surface area contributed by atoms with E-state index in [-0.39, 0.29) is 0 Å². The molecule has 2 nitrogen and oxygen atoms in total. The Morgan fingerprint density at radius 1 is 1.14 bits per heavy atom. The number of allylic oxidation sites excluding steroid dienone is 3. The van der Waals surface area contributed by atoms with E-state index in [2.05, 4.69) is 66.7 Å². The maximum atomic E-state index is 4.29. The van der Waals surface area contributed by atoms with E-state index in [1.54, 1.807) is 0 Å². The van der Waals surface area contributed by atoms with Crippen molar-refractivity contribution < 1.29 is 0 Å². The van der Waals surface area contributed by atoms with Crippen molar-refractivity contribution in [3.8, 4) is 0 Å². The first-order valence-electron chi connectivity index (χ1n) is 7.50. The van der Waals surface area contributed by atoms with Gasteiger partial charge in [-0.1, -0.05) is 47.6 Å². The summed E-state index contributed by atoms with van der Waals surface area (Å²) in [6.45, 7) is 7.36. The topological polar surface area (TPSA) is 17.8 Å². The van der Waals surface area contributed by atoms with Gasteiger partial charge >= 0.3 is 0 Å². The van der Waals surface area contributed by atoms with Crippen LogP contribution >= 0.6 is 0 Å². The summed E-state index contributed by atoms with van der Waals surface area (Å²) in [5.74, 6) is 0. The molecule has 0 saturated heterocycles. The fourth-order valence-corrected chi connectivity index (χ4v) is 2.28. The van der Waals surface area contributed by atoms with Crippen molar-refractivity contribution in [2.24, 2.45) is 0 Å². The molecular formula is C19H24N2. The molecule has 0 saturated carbocycles. The summed E-state index contributed by atoms with van der Waals surface area (Å²) in [6, 6.07) is 10.5. The number of aromatic nitrogens is 2. The van der Waals surface area contributed by atoms with Gasteiger partial charge in [0.1, 0.15) is 0 Å². The lowest BCUT2D eigenvalue weighted by Gasteiger charge is -2.06. The molecule has 1 aromatic carbocycles. The molecule has 110 valence electrons. The maximum Gasteiger partial charge on any atom is 0.0953 e. The normalized spacial score (nSPS) is 11.5. The summed E-state index contributed by atoms with van der Waals surface area (Å²) < 4.78 is 2.19. The molecule has 21 heavy (non-hydrogen) atoms. The van der Waals surface area contributed by atoms with E-state index in [0.29, 0.717) is 0 Å². The summed E-state index contributed by atoms with van der Waals surface area (Å²) in [5.41, 5.74) is 5.25. The molecule has 2 rings (SSSR count). The fraction of sp³-hybridized carbons (Fsp3) is 0.316. The van der Waals surface area contributed by atoms with Crippen molar-refractivity contribution in [2.75, 3.05) is 0 Å². The summed E-state index contributed by atoms with van der Waals surface area (Å²) in [4.78, 5) is 4.29. The Labute approximate surface area is 127 Å². The number of benzene rings is 1. The molecular weight excluding hydrogens is 256 g/mol. The van der Waals surface area contributed by atoms with Crippen LogP contribution in [0, 0.1) is 0 Å². The van der Waals surface area contributed by atoms with Crippen LogP contribution in [-0.4, -0.2) is 9.55 Å². The van der Waals surface area contributed by atoms with Crippen molar-refractivity contribution in [3.05, 3.63) is 71.3 Å². The molecule has 2 heteroatoms. The molecule has 0 aliphatic heterocycles. The second-order valence-corrected chi connectivity index (χ2v) is 5.74. The molecule has 0 aliphatic rings. The van der Waals surface area contributed by atoms with Gasteiger partial charge < -0.3 is 4.57 Å². The summed E-state index contributed by atoms with van der Waals surface area (Å²) in [5, 5.41) is 0. The Morgan fingerprint density at radius 3 is 2.62 bits per heavy atom. The third-order valence-electron chi connectivity index (χ3n) is 3.43. The molecule has 1 heterocycles. The highest BCUT2D eigenvalue weighted by Gasteiger charge is 2.01. The minimum absolute atomic E-state index is 0.869. The molecule has 0 aliphatic carbocycles. The zero-order valence-corrected chi connectivity index (χ0v) is 13.2. The first-order chi connectivity index (χ1) is 10.1. The van der Waals surface area contributed by atoms with E-state index in [1.807, 2.05) is 18.6 Å². The molecule has 0 unspecified atom stereocenters. The van der Waals surface area contributed by atoms with E-state index >= 15 is 0 Å². The molecule has 0 N–H and O–H groups in total. The van der Waals surface area contributed by atoms with Crippen LogP contribution in [-0.2, 0) is 6.54 Å². The molecule has 0 atom stereocenters. The zero-order valence-electron chi connectivity index (χ0n) is 13.2. The van der Waals surface area contributed by atoms with Gasteiger partial charge in [0.05, 0.1) is 18.2 Å². The van der Waals surface area contributed by atoms with Crippen LogP contribution in [0.15, 0.2) is 60.1 Å². The zero-order chi connectivity index (χ0) is 15.1. The number of nitrogens with zero attached hydrogens (tertiary/aromatic N) is 2. The number of imidazole rings is 1.